The summed E-state index contributed by atoms with van der Waals surface area (Å²) in [5, 5.41) is 15.0. The zero-order valence-corrected chi connectivity index (χ0v) is 22.0. The molecule has 6 aromatic carbocycles. The molecule has 0 radical (unpaired) electrons. The lowest BCUT2D eigenvalue weighted by molar-refractivity contribution is 1.01. The van der Waals surface area contributed by atoms with Crippen LogP contribution in [0.3, 0.4) is 0 Å². The molecule has 0 spiro atoms. The van der Waals surface area contributed by atoms with Crippen molar-refractivity contribution < 1.29 is 0 Å². The van der Waals surface area contributed by atoms with Gasteiger partial charge in [0, 0.05) is 21.7 Å². The Morgan fingerprint density at radius 2 is 1.22 bits per heavy atom. The minimum Gasteiger partial charge on any atom is -0.278 e. The molecule has 0 amide bonds. The Hall–Kier alpha value is -5.79. The van der Waals surface area contributed by atoms with Gasteiger partial charge in [-0.1, -0.05) is 91.0 Å². The van der Waals surface area contributed by atoms with Gasteiger partial charge in [0.1, 0.15) is 0 Å². The molecular weight excluding hydrogens is 500 g/mol. The lowest BCUT2D eigenvalue weighted by atomic mass is 10.0. The first kappa shape index (κ1) is 23.1. The molecule has 0 aliphatic heterocycles. The van der Waals surface area contributed by atoms with Crippen molar-refractivity contribution in [2.45, 2.75) is 0 Å². The fraction of sp³-hybridized carbons (Fsp3) is 0. The summed E-state index contributed by atoms with van der Waals surface area (Å²) in [7, 11) is 0. The molecule has 0 fully saturated rings. The molecule has 0 saturated carbocycles. The number of benzene rings is 6. The lowest BCUT2D eigenvalue weighted by Crippen LogP contribution is -2.03. The van der Waals surface area contributed by atoms with Gasteiger partial charge in [-0.05, 0) is 64.4 Å². The van der Waals surface area contributed by atoms with Crippen LogP contribution in [0.1, 0.15) is 5.56 Å². The highest BCUT2D eigenvalue weighted by molar-refractivity contribution is 6.13. The summed E-state index contributed by atoms with van der Waals surface area (Å²) in [6, 6.07) is 47.9. The van der Waals surface area contributed by atoms with Crippen molar-refractivity contribution in [1.29, 1.82) is 5.26 Å². The van der Waals surface area contributed by atoms with E-state index in [0.717, 1.165) is 44.3 Å². The van der Waals surface area contributed by atoms with Gasteiger partial charge in [-0.25, -0.2) is 9.97 Å². The zero-order chi connectivity index (χ0) is 27.3. The van der Waals surface area contributed by atoms with Gasteiger partial charge in [0.25, 0.3) is 0 Å². The Bertz CT molecular complexity index is 2310. The van der Waals surface area contributed by atoms with Crippen LogP contribution in [0.5, 0.6) is 0 Å². The monoisotopic (exact) mass is 522 g/mol. The second kappa shape index (κ2) is 9.15. The van der Waals surface area contributed by atoms with Crippen LogP contribution >= 0.6 is 0 Å². The van der Waals surface area contributed by atoms with E-state index < -0.39 is 0 Å². The van der Waals surface area contributed by atoms with Crippen LogP contribution in [0.15, 0.2) is 133 Å². The molecule has 0 atom stereocenters. The fourth-order valence-electron chi connectivity index (χ4n) is 5.82. The molecule has 0 saturated heterocycles. The Morgan fingerprint density at radius 1 is 0.512 bits per heavy atom. The van der Waals surface area contributed by atoms with Crippen LogP contribution in [0, 0.1) is 11.3 Å². The van der Waals surface area contributed by atoms with E-state index in [1.807, 2.05) is 42.5 Å². The largest absolute Gasteiger partial charge is 0.278 e. The first-order valence-corrected chi connectivity index (χ1v) is 13.6. The van der Waals surface area contributed by atoms with Crippen molar-refractivity contribution in [2.24, 2.45) is 0 Å². The highest BCUT2D eigenvalue weighted by Crippen LogP contribution is 2.36. The predicted molar refractivity (Wildman–Crippen MR) is 167 cm³/mol. The number of para-hydroxylation sites is 1. The van der Waals surface area contributed by atoms with Crippen LogP contribution in [-0.2, 0) is 0 Å². The van der Waals surface area contributed by atoms with E-state index in [-0.39, 0.29) is 0 Å². The van der Waals surface area contributed by atoms with Crippen molar-refractivity contribution >= 4 is 43.5 Å². The van der Waals surface area contributed by atoms with Gasteiger partial charge in [-0.3, -0.25) is 4.57 Å². The first-order chi connectivity index (χ1) is 20.3. The minimum absolute atomic E-state index is 0.634. The Morgan fingerprint density at radius 3 is 2.02 bits per heavy atom. The molecule has 8 aromatic rings. The highest BCUT2D eigenvalue weighted by Gasteiger charge is 2.18. The van der Waals surface area contributed by atoms with Crippen LogP contribution in [-0.4, -0.2) is 14.5 Å². The van der Waals surface area contributed by atoms with E-state index in [9.17, 15) is 5.26 Å². The number of fused-ring (bicyclic) bond motifs is 5. The van der Waals surface area contributed by atoms with Gasteiger partial charge in [0.2, 0.25) is 5.95 Å². The molecule has 2 aromatic heterocycles. The zero-order valence-electron chi connectivity index (χ0n) is 22.0. The Kier molecular flexibility index (Phi) is 5.16. The van der Waals surface area contributed by atoms with Crippen molar-refractivity contribution in [1.82, 2.24) is 14.5 Å². The molecule has 2 heterocycles. The molecule has 8 rings (SSSR count). The molecule has 41 heavy (non-hydrogen) atoms. The SMILES string of the molecule is N#Cc1ccc(-c2ccc3c(-c4ccccc4)nc(-n4c5ccccc5c5cc6ccccc6cc54)nc3c2)cc1. The predicted octanol–water partition coefficient (Wildman–Crippen LogP) is 9.09. The number of nitrogens with zero attached hydrogens (tertiary/aromatic N) is 4. The number of nitriles is 1. The molecular formula is C37H22N4. The molecule has 0 bridgehead atoms. The Labute approximate surface area is 236 Å². The summed E-state index contributed by atoms with van der Waals surface area (Å²) in [6.45, 7) is 0. The van der Waals surface area contributed by atoms with Gasteiger partial charge in [0.15, 0.2) is 0 Å². The number of hydrogen-bond donors (Lipinski definition) is 0. The first-order valence-electron chi connectivity index (χ1n) is 13.6. The van der Waals surface area contributed by atoms with Crippen LogP contribution in [0.2, 0.25) is 0 Å². The van der Waals surface area contributed by atoms with Crippen molar-refractivity contribution in [3.05, 3.63) is 139 Å². The lowest BCUT2D eigenvalue weighted by Gasteiger charge is -2.13. The fourth-order valence-corrected chi connectivity index (χ4v) is 5.82. The second-order valence-electron chi connectivity index (χ2n) is 10.2. The van der Waals surface area contributed by atoms with Gasteiger partial charge in [-0.15, -0.1) is 0 Å². The Balaban J connectivity index is 1.45. The van der Waals surface area contributed by atoms with E-state index >= 15 is 0 Å². The number of rotatable bonds is 3. The quantitative estimate of drug-likeness (QED) is 0.232. The van der Waals surface area contributed by atoms with Crippen molar-refractivity contribution in [3.63, 3.8) is 0 Å². The summed E-state index contributed by atoms with van der Waals surface area (Å²) < 4.78 is 2.19. The maximum absolute atomic E-state index is 9.24. The van der Waals surface area contributed by atoms with Crippen LogP contribution in [0.25, 0.3) is 71.8 Å². The van der Waals surface area contributed by atoms with Gasteiger partial charge in [0.05, 0.1) is 33.9 Å². The van der Waals surface area contributed by atoms with Gasteiger partial charge in [-0.2, -0.15) is 5.26 Å². The topological polar surface area (TPSA) is 54.5 Å². The average molecular weight is 523 g/mol. The molecule has 4 nitrogen and oxygen atoms in total. The maximum Gasteiger partial charge on any atom is 0.235 e. The summed E-state index contributed by atoms with van der Waals surface area (Å²) in [6.07, 6.45) is 0. The normalized spacial score (nSPS) is 11.4. The smallest absolute Gasteiger partial charge is 0.235 e. The summed E-state index contributed by atoms with van der Waals surface area (Å²) in [5.74, 6) is 0.634. The molecule has 0 unspecified atom stereocenters. The van der Waals surface area contributed by atoms with Crippen LogP contribution < -0.4 is 0 Å². The number of aromatic nitrogens is 3. The summed E-state index contributed by atoms with van der Waals surface area (Å²) in [4.78, 5) is 10.4. The third-order valence-corrected chi connectivity index (χ3v) is 7.82. The second-order valence-corrected chi connectivity index (χ2v) is 10.2. The van der Waals surface area contributed by atoms with Crippen molar-refractivity contribution in [2.75, 3.05) is 0 Å². The van der Waals surface area contributed by atoms with E-state index in [4.69, 9.17) is 9.97 Å². The average Bonchev–Trinajstić information content (AvgIpc) is 3.36. The minimum atomic E-state index is 0.634. The number of hydrogen-bond acceptors (Lipinski definition) is 3. The van der Waals surface area contributed by atoms with Crippen molar-refractivity contribution in [3.8, 4) is 34.4 Å². The molecule has 4 heteroatoms. The van der Waals surface area contributed by atoms with E-state index in [0.29, 0.717) is 11.5 Å². The third kappa shape index (κ3) is 3.76. The highest BCUT2D eigenvalue weighted by atomic mass is 15.2. The van der Waals surface area contributed by atoms with E-state index in [1.54, 1.807) is 0 Å². The van der Waals surface area contributed by atoms with Crippen LogP contribution in [0.4, 0.5) is 0 Å². The molecule has 190 valence electrons. The third-order valence-electron chi connectivity index (χ3n) is 7.82. The standard InChI is InChI=1S/C37H22N4/c38-23-24-14-16-25(17-15-24)29-18-19-31-33(21-29)39-37(40-36(31)26-8-2-1-3-9-26)41-34-13-7-6-12-30(34)32-20-27-10-4-5-11-28(27)22-35(32)41/h1-22H. The molecule has 0 aliphatic carbocycles. The van der Waals surface area contributed by atoms with E-state index in [2.05, 4.69) is 102 Å². The molecule has 0 N–H and O–H groups in total. The van der Waals surface area contributed by atoms with Gasteiger partial charge < -0.3 is 0 Å². The van der Waals surface area contributed by atoms with E-state index in [1.165, 1.54) is 21.5 Å². The summed E-state index contributed by atoms with van der Waals surface area (Å²) >= 11 is 0. The van der Waals surface area contributed by atoms with Gasteiger partial charge >= 0.3 is 0 Å². The summed E-state index contributed by atoms with van der Waals surface area (Å²) in [5.41, 5.74) is 7.66. The maximum atomic E-state index is 9.24. The molecule has 0 aliphatic rings.